The zero-order valence-corrected chi connectivity index (χ0v) is 12.1. The quantitative estimate of drug-likeness (QED) is 0.797. The molecular weight excluding hydrogens is 254 g/mol. The minimum Gasteiger partial charge on any atom is -0.354 e. The Morgan fingerprint density at radius 2 is 1.90 bits per heavy atom. The lowest BCUT2D eigenvalue weighted by atomic mass is 9.93. The molecule has 3 rings (SSSR count). The highest BCUT2D eigenvalue weighted by Gasteiger charge is 2.39. The minimum absolute atomic E-state index is 0.105. The number of piperidine rings is 1. The average molecular weight is 279 g/mol. The Labute approximate surface area is 120 Å². The number of hydrogen-bond donors (Lipinski definition) is 2. The summed E-state index contributed by atoms with van der Waals surface area (Å²) in [4.78, 5) is 26.1. The van der Waals surface area contributed by atoms with Crippen LogP contribution in [-0.4, -0.2) is 48.4 Å². The van der Waals surface area contributed by atoms with Gasteiger partial charge in [-0.3, -0.25) is 9.59 Å². The predicted molar refractivity (Wildman–Crippen MR) is 76.1 cm³/mol. The van der Waals surface area contributed by atoms with E-state index in [1.807, 2.05) is 4.90 Å². The van der Waals surface area contributed by atoms with Crippen LogP contribution >= 0.6 is 0 Å². The largest absolute Gasteiger partial charge is 0.354 e. The Bertz CT molecular complexity index is 379. The molecule has 3 fully saturated rings. The molecule has 0 radical (unpaired) electrons. The van der Waals surface area contributed by atoms with Gasteiger partial charge in [0.2, 0.25) is 11.8 Å². The number of nitrogens with zero attached hydrogens (tertiary/aromatic N) is 1. The molecule has 0 aliphatic carbocycles. The summed E-state index contributed by atoms with van der Waals surface area (Å²) in [6.45, 7) is 2.83. The van der Waals surface area contributed by atoms with Gasteiger partial charge in [-0.25, -0.2) is 0 Å². The van der Waals surface area contributed by atoms with Gasteiger partial charge in [-0.05, 0) is 51.1 Å². The number of fused-ring (bicyclic) bond motifs is 2. The first kappa shape index (κ1) is 13.9. The molecule has 0 aromatic rings. The number of rotatable bonds is 3. The van der Waals surface area contributed by atoms with Gasteiger partial charge in [0.05, 0.1) is 0 Å². The van der Waals surface area contributed by atoms with Crippen molar-refractivity contribution in [3.05, 3.63) is 0 Å². The van der Waals surface area contributed by atoms with E-state index in [0.29, 0.717) is 25.3 Å². The van der Waals surface area contributed by atoms with Gasteiger partial charge in [0.15, 0.2) is 0 Å². The molecule has 112 valence electrons. The normalized spacial score (nSPS) is 31.0. The van der Waals surface area contributed by atoms with Crippen molar-refractivity contribution < 1.29 is 9.59 Å². The third kappa shape index (κ3) is 2.97. The highest BCUT2D eigenvalue weighted by atomic mass is 16.2. The number of carbonyl (C=O) groups excluding carboxylic acids is 2. The number of amides is 2. The van der Waals surface area contributed by atoms with Crippen molar-refractivity contribution in [3.63, 3.8) is 0 Å². The average Bonchev–Trinajstić information content (AvgIpc) is 2.77. The van der Waals surface area contributed by atoms with Crippen molar-refractivity contribution in [2.45, 2.75) is 57.0 Å². The van der Waals surface area contributed by atoms with E-state index in [2.05, 4.69) is 10.6 Å². The van der Waals surface area contributed by atoms with E-state index in [4.69, 9.17) is 0 Å². The number of carbonyl (C=O) groups is 2. The van der Waals surface area contributed by atoms with E-state index in [0.717, 1.165) is 32.4 Å². The summed E-state index contributed by atoms with van der Waals surface area (Å²) in [5.74, 6) is 1.07. The van der Waals surface area contributed by atoms with Crippen LogP contribution in [0.15, 0.2) is 0 Å². The molecule has 2 amide bonds. The molecule has 5 heteroatoms. The Morgan fingerprint density at radius 1 is 1.15 bits per heavy atom. The minimum atomic E-state index is 0.105. The van der Waals surface area contributed by atoms with Crippen molar-refractivity contribution in [2.24, 2.45) is 5.92 Å². The van der Waals surface area contributed by atoms with Crippen LogP contribution < -0.4 is 10.6 Å². The topological polar surface area (TPSA) is 61.4 Å². The van der Waals surface area contributed by atoms with Gasteiger partial charge < -0.3 is 15.5 Å². The van der Waals surface area contributed by atoms with Crippen LogP contribution in [-0.2, 0) is 9.59 Å². The Kier molecular flexibility index (Phi) is 4.24. The monoisotopic (exact) mass is 279 g/mol. The van der Waals surface area contributed by atoms with Crippen molar-refractivity contribution in [2.75, 3.05) is 19.6 Å². The van der Waals surface area contributed by atoms with Crippen LogP contribution in [0, 0.1) is 5.92 Å². The van der Waals surface area contributed by atoms with E-state index >= 15 is 0 Å². The molecule has 0 aromatic heterocycles. The van der Waals surface area contributed by atoms with Crippen LogP contribution in [0.2, 0.25) is 0 Å². The molecule has 2 atom stereocenters. The van der Waals surface area contributed by atoms with Gasteiger partial charge in [0.1, 0.15) is 0 Å². The summed E-state index contributed by atoms with van der Waals surface area (Å²) in [6, 6.07) is 0.398. The second-order valence-corrected chi connectivity index (χ2v) is 6.43. The van der Waals surface area contributed by atoms with Crippen molar-refractivity contribution in [1.29, 1.82) is 0 Å². The molecule has 0 saturated carbocycles. The van der Waals surface area contributed by atoms with Crippen molar-refractivity contribution in [3.8, 4) is 0 Å². The molecule has 0 aromatic carbocycles. The summed E-state index contributed by atoms with van der Waals surface area (Å²) < 4.78 is 0. The fourth-order valence-corrected chi connectivity index (χ4v) is 3.91. The highest BCUT2D eigenvalue weighted by Crippen LogP contribution is 2.30. The van der Waals surface area contributed by atoms with E-state index in [-0.39, 0.29) is 23.9 Å². The lowest BCUT2D eigenvalue weighted by Gasteiger charge is -2.29. The molecule has 3 heterocycles. The molecule has 3 aliphatic rings. The Balaban J connectivity index is 1.54. The first-order valence-corrected chi connectivity index (χ1v) is 8.02. The molecule has 3 aliphatic heterocycles. The maximum atomic E-state index is 12.5. The summed E-state index contributed by atoms with van der Waals surface area (Å²) in [5.41, 5.74) is 0. The summed E-state index contributed by atoms with van der Waals surface area (Å²) in [6.07, 6.45) is 6.60. The van der Waals surface area contributed by atoms with E-state index in [1.165, 1.54) is 12.8 Å². The maximum Gasteiger partial charge on any atom is 0.223 e. The van der Waals surface area contributed by atoms with Gasteiger partial charge in [0, 0.05) is 31.5 Å². The standard InChI is InChI=1S/C15H25N3O2/c19-14-9-12-2-3-13(10-17-14)18(12)15(20)4-1-11-5-7-16-8-6-11/h11-13,16H,1-10H2,(H,17,19). The van der Waals surface area contributed by atoms with Gasteiger partial charge in [-0.1, -0.05) is 0 Å². The summed E-state index contributed by atoms with van der Waals surface area (Å²) in [5, 5.41) is 6.29. The molecule has 3 saturated heterocycles. The van der Waals surface area contributed by atoms with E-state index < -0.39 is 0 Å². The third-order valence-electron chi connectivity index (χ3n) is 5.09. The van der Waals surface area contributed by atoms with Crippen LogP contribution in [0.25, 0.3) is 0 Å². The van der Waals surface area contributed by atoms with Crippen LogP contribution in [0.3, 0.4) is 0 Å². The highest BCUT2D eigenvalue weighted by molar-refractivity contribution is 5.81. The van der Waals surface area contributed by atoms with E-state index in [9.17, 15) is 9.59 Å². The van der Waals surface area contributed by atoms with Crippen LogP contribution in [0.4, 0.5) is 0 Å². The smallest absolute Gasteiger partial charge is 0.223 e. The molecule has 5 nitrogen and oxygen atoms in total. The zero-order valence-electron chi connectivity index (χ0n) is 12.1. The van der Waals surface area contributed by atoms with Crippen molar-refractivity contribution in [1.82, 2.24) is 15.5 Å². The van der Waals surface area contributed by atoms with Gasteiger partial charge in [-0.15, -0.1) is 0 Å². The lowest BCUT2D eigenvalue weighted by Crippen LogP contribution is -2.42. The number of hydrogen-bond acceptors (Lipinski definition) is 3. The van der Waals surface area contributed by atoms with Gasteiger partial charge in [0.25, 0.3) is 0 Å². The first-order valence-electron chi connectivity index (χ1n) is 8.02. The molecule has 2 bridgehead atoms. The van der Waals surface area contributed by atoms with Gasteiger partial charge in [-0.2, -0.15) is 0 Å². The molecular formula is C15H25N3O2. The number of nitrogens with one attached hydrogen (secondary N) is 2. The summed E-state index contributed by atoms with van der Waals surface area (Å²) >= 11 is 0. The fraction of sp³-hybridized carbons (Fsp3) is 0.867. The van der Waals surface area contributed by atoms with Crippen LogP contribution in [0.1, 0.15) is 44.9 Å². The molecule has 20 heavy (non-hydrogen) atoms. The third-order valence-corrected chi connectivity index (χ3v) is 5.09. The lowest BCUT2D eigenvalue weighted by molar-refractivity contribution is -0.134. The zero-order chi connectivity index (χ0) is 13.9. The molecule has 0 spiro atoms. The molecule has 2 unspecified atom stereocenters. The van der Waals surface area contributed by atoms with Crippen molar-refractivity contribution >= 4 is 11.8 Å². The fourth-order valence-electron chi connectivity index (χ4n) is 3.91. The van der Waals surface area contributed by atoms with E-state index in [1.54, 1.807) is 0 Å². The molecule has 2 N–H and O–H groups in total. The SMILES string of the molecule is O=C1CC2CCC(CN1)N2C(=O)CCC1CCNCC1. The Hall–Kier alpha value is -1.10. The second-order valence-electron chi connectivity index (χ2n) is 6.43. The maximum absolute atomic E-state index is 12.5. The summed E-state index contributed by atoms with van der Waals surface area (Å²) in [7, 11) is 0. The van der Waals surface area contributed by atoms with Gasteiger partial charge >= 0.3 is 0 Å². The first-order chi connectivity index (χ1) is 9.74. The van der Waals surface area contributed by atoms with Crippen LogP contribution in [0.5, 0.6) is 0 Å². The Morgan fingerprint density at radius 3 is 2.70 bits per heavy atom. The predicted octanol–water partition coefficient (Wildman–Crippen LogP) is 0.646. The second kappa shape index (κ2) is 6.12.